The van der Waals surface area contributed by atoms with Crippen molar-refractivity contribution in [1.82, 2.24) is 9.80 Å². The molecule has 0 radical (unpaired) electrons. The molecule has 1 aromatic heterocycles. The predicted molar refractivity (Wildman–Crippen MR) is 115 cm³/mol. The summed E-state index contributed by atoms with van der Waals surface area (Å²) in [7, 11) is 0. The van der Waals surface area contributed by atoms with Crippen molar-refractivity contribution in [3.63, 3.8) is 0 Å². The van der Waals surface area contributed by atoms with Crippen molar-refractivity contribution in [3.8, 4) is 5.75 Å². The van der Waals surface area contributed by atoms with Gasteiger partial charge < -0.3 is 24.1 Å². The van der Waals surface area contributed by atoms with Crippen LogP contribution in [0.5, 0.6) is 5.75 Å². The summed E-state index contributed by atoms with van der Waals surface area (Å²) in [5.41, 5.74) is 0.881. The zero-order valence-corrected chi connectivity index (χ0v) is 17.2. The molecular weight excluding hydrogens is 374 g/mol. The van der Waals surface area contributed by atoms with E-state index in [1.807, 2.05) is 43.3 Å². The number of furan rings is 1. The van der Waals surface area contributed by atoms with Crippen molar-refractivity contribution in [2.75, 3.05) is 51.3 Å². The molecule has 1 N–H and O–H groups in total. The van der Waals surface area contributed by atoms with E-state index in [-0.39, 0.29) is 0 Å². The number of anilines is 1. The van der Waals surface area contributed by atoms with Gasteiger partial charge in [-0.15, -0.1) is 0 Å². The van der Waals surface area contributed by atoms with Crippen molar-refractivity contribution in [3.05, 3.63) is 48.4 Å². The largest absolute Gasteiger partial charge is 0.492 e. The number of nitrogens with one attached hydrogen (secondary N) is 1. The molecule has 28 heavy (non-hydrogen) atoms. The first kappa shape index (κ1) is 20.6. The third kappa shape index (κ3) is 6.22. The molecule has 0 bridgehead atoms. The van der Waals surface area contributed by atoms with Gasteiger partial charge in [0.1, 0.15) is 11.5 Å². The van der Waals surface area contributed by atoms with Crippen LogP contribution in [-0.2, 0) is 11.3 Å². The Hall–Kier alpha value is -2.09. The molecule has 0 amide bonds. The second kappa shape index (κ2) is 11.0. The maximum atomic E-state index is 5.73. The number of ether oxygens (including phenoxy) is 2. The molecule has 152 valence electrons. The SMILES string of the molecule is CCOc1ccccc1NC(=S)N(CCCN1CCOCC1)Cc1ccco1. The van der Waals surface area contributed by atoms with Crippen LogP contribution in [0.1, 0.15) is 19.1 Å². The normalized spacial score (nSPS) is 14.6. The molecule has 0 unspecified atom stereocenters. The van der Waals surface area contributed by atoms with Crippen molar-refractivity contribution in [2.45, 2.75) is 19.9 Å². The van der Waals surface area contributed by atoms with Crippen LogP contribution < -0.4 is 10.1 Å². The summed E-state index contributed by atoms with van der Waals surface area (Å²) in [6.07, 6.45) is 2.72. The molecule has 1 aliphatic heterocycles. The van der Waals surface area contributed by atoms with E-state index in [0.717, 1.165) is 63.0 Å². The number of thiocarbonyl (C=S) groups is 1. The van der Waals surface area contributed by atoms with Crippen LogP contribution in [0.25, 0.3) is 0 Å². The lowest BCUT2D eigenvalue weighted by molar-refractivity contribution is 0.0367. The van der Waals surface area contributed by atoms with Gasteiger partial charge in [-0.05, 0) is 49.8 Å². The van der Waals surface area contributed by atoms with Crippen LogP contribution in [0.2, 0.25) is 0 Å². The van der Waals surface area contributed by atoms with Crippen LogP contribution in [0, 0.1) is 0 Å². The second-order valence-electron chi connectivity index (χ2n) is 6.67. The highest BCUT2D eigenvalue weighted by molar-refractivity contribution is 7.80. The quantitative estimate of drug-likeness (QED) is 0.642. The zero-order chi connectivity index (χ0) is 19.6. The van der Waals surface area contributed by atoms with Crippen molar-refractivity contribution in [2.24, 2.45) is 0 Å². The third-order valence-corrected chi connectivity index (χ3v) is 5.01. The van der Waals surface area contributed by atoms with Gasteiger partial charge in [0, 0.05) is 26.2 Å². The highest BCUT2D eigenvalue weighted by Crippen LogP contribution is 2.24. The summed E-state index contributed by atoms with van der Waals surface area (Å²) in [5, 5.41) is 4.03. The van der Waals surface area contributed by atoms with Gasteiger partial charge in [-0.3, -0.25) is 4.90 Å². The number of hydrogen-bond donors (Lipinski definition) is 1. The second-order valence-corrected chi connectivity index (χ2v) is 7.05. The number of morpholine rings is 1. The summed E-state index contributed by atoms with van der Waals surface area (Å²) >= 11 is 5.73. The lowest BCUT2D eigenvalue weighted by Gasteiger charge is -2.29. The van der Waals surface area contributed by atoms with Gasteiger partial charge in [-0.2, -0.15) is 0 Å². The van der Waals surface area contributed by atoms with Crippen LogP contribution in [0.15, 0.2) is 47.1 Å². The van der Waals surface area contributed by atoms with Crippen molar-refractivity contribution >= 4 is 23.0 Å². The smallest absolute Gasteiger partial charge is 0.173 e. The van der Waals surface area contributed by atoms with E-state index in [0.29, 0.717) is 18.3 Å². The van der Waals surface area contributed by atoms with Crippen LogP contribution in [-0.4, -0.2) is 60.9 Å². The Morgan fingerprint density at radius 2 is 2.04 bits per heavy atom. The van der Waals surface area contributed by atoms with E-state index in [4.69, 9.17) is 26.1 Å². The van der Waals surface area contributed by atoms with E-state index < -0.39 is 0 Å². The molecule has 2 aromatic rings. The van der Waals surface area contributed by atoms with Gasteiger partial charge in [0.25, 0.3) is 0 Å². The monoisotopic (exact) mass is 403 g/mol. The van der Waals surface area contributed by atoms with Gasteiger partial charge in [0.15, 0.2) is 5.11 Å². The van der Waals surface area contributed by atoms with Gasteiger partial charge >= 0.3 is 0 Å². The Kier molecular flexibility index (Phi) is 8.14. The molecule has 0 spiro atoms. The fraction of sp³-hybridized carbons (Fsp3) is 0.476. The predicted octanol–water partition coefficient (Wildman–Crippen LogP) is 3.60. The maximum Gasteiger partial charge on any atom is 0.173 e. The van der Waals surface area contributed by atoms with Crippen LogP contribution in [0.4, 0.5) is 5.69 Å². The van der Waals surface area contributed by atoms with Gasteiger partial charge in [0.05, 0.1) is 38.3 Å². The first-order valence-corrected chi connectivity index (χ1v) is 10.3. The fourth-order valence-corrected chi connectivity index (χ4v) is 3.46. The average Bonchev–Trinajstić information content (AvgIpc) is 3.23. The van der Waals surface area contributed by atoms with Gasteiger partial charge in [-0.25, -0.2) is 0 Å². The van der Waals surface area contributed by atoms with E-state index in [1.165, 1.54) is 0 Å². The molecular formula is C21H29N3O3S. The van der Waals surface area contributed by atoms with E-state index in [9.17, 15) is 0 Å². The molecule has 3 rings (SSSR count). The molecule has 6 nitrogen and oxygen atoms in total. The Balaban J connectivity index is 1.61. The summed E-state index contributed by atoms with van der Waals surface area (Å²) < 4.78 is 16.7. The molecule has 1 aromatic carbocycles. The maximum absolute atomic E-state index is 5.73. The summed E-state index contributed by atoms with van der Waals surface area (Å²) in [6, 6.07) is 11.7. The van der Waals surface area contributed by atoms with Gasteiger partial charge in [-0.1, -0.05) is 12.1 Å². The van der Waals surface area contributed by atoms with E-state index in [1.54, 1.807) is 6.26 Å². The Morgan fingerprint density at radius 1 is 1.21 bits per heavy atom. The lowest BCUT2D eigenvalue weighted by Crippen LogP contribution is -2.40. The molecule has 7 heteroatoms. The highest BCUT2D eigenvalue weighted by atomic mass is 32.1. The Labute approximate surface area is 172 Å². The van der Waals surface area contributed by atoms with E-state index in [2.05, 4.69) is 15.1 Å². The molecule has 1 aliphatic rings. The average molecular weight is 404 g/mol. The number of para-hydroxylation sites is 2. The number of hydrogen-bond acceptors (Lipinski definition) is 5. The summed E-state index contributed by atoms with van der Waals surface area (Å²) in [6.45, 7) is 8.76. The van der Waals surface area contributed by atoms with E-state index >= 15 is 0 Å². The first-order chi connectivity index (χ1) is 13.8. The topological polar surface area (TPSA) is 50.1 Å². The van der Waals surface area contributed by atoms with Crippen molar-refractivity contribution < 1.29 is 13.9 Å². The minimum atomic E-state index is 0.612. The number of nitrogens with zero attached hydrogens (tertiary/aromatic N) is 2. The molecule has 2 heterocycles. The molecule has 1 saturated heterocycles. The molecule has 1 fully saturated rings. The Morgan fingerprint density at radius 3 is 2.79 bits per heavy atom. The number of rotatable bonds is 9. The minimum absolute atomic E-state index is 0.612. The third-order valence-electron chi connectivity index (χ3n) is 4.65. The standard InChI is InChI=1S/C21H29N3O3S/c1-2-26-20-9-4-3-8-19(20)22-21(28)24(17-18-7-5-14-27-18)11-6-10-23-12-15-25-16-13-23/h3-5,7-9,14H,2,6,10-13,15-17H2,1H3,(H,22,28). The van der Waals surface area contributed by atoms with Crippen LogP contribution >= 0.6 is 12.2 Å². The molecule has 0 atom stereocenters. The highest BCUT2D eigenvalue weighted by Gasteiger charge is 2.15. The Bertz CT molecular complexity index is 717. The first-order valence-electron chi connectivity index (χ1n) is 9.86. The minimum Gasteiger partial charge on any atom is -0.492 e. The zero-order valence-electron chi connectivity index (χ0n) is 16.4. The number of benzene rings is 1. The summed E-state index contributed by atoms with van der Waals surface area (Å²) in [5.74, 6) is 1.70. The summed E-state index contributed by atoms with van der Waals surface area (Å²) in [4.78, 5) is 4.59. The molecule has 0 saturated carbocycles. The fourth-order valence-electron chi connectivity index (χ4n) is 3.20. The van der Waals surface area contributed by atoms with Gasteiger partial charge in [0.2, 0.25) is 0 Å². The lowest BCUT2D eigenvalue weighted by atomic mass is 10.3. The van der Waals surface area contributed by atoms with Crippen LogP contribution in [0.3, 0.4) is 0 Å². The molecule has 0 aliphatic carbocycles. The van der Waals surface area contributed by atoms with Crippen molar-refractivity contribution in [1.29, 1.82) is 0 Å².